The van der Waals surface area contributed by atoms with Gasteiger partial charge in [0.1, 0.15) is 6.04 Å². The van der Waals surface area contributed by atoms with Crippen molar-refractivity contribution in [1.29, 1.82) is 0 Å². The van der Waals surface area contributed by atoms with Crippen molar-refractivity contribution in [2.75, 3.05) is 32.9 Å². The second-order valence-corrected chi connectivity index (χ2v) is 9.79. The van der Waals surface area contributed by atoms with Gasteiger partial charge in [0.2, 0.25) is 15.8 Å². The molecule has 2 N–H and O–H groups in total. The van der Waals surface area contributed by atoms with Crippen molar-refractivity contribution >= 4 is 27.7 Å². The van der Waals surface area contributed by atoms with Gasteiger partial charge in [0.05, 0.1) is 23.8 Å². The molecule has 2 aromatic rings. The first-order valence-corrected chi connectivity index (χ1v) is 12.0. The molecule has 1 aromatic carbocycles. The van der Waals surface area contributed by atoms with Crippen molar-refractivity contribution in [3.05, 3.63) is 53.9 Å². The summed E-state index contributed by atoms with van der Waals surface area (Å²) in [7, 11) is -3.78. The van der Waals surface area contributed by atoms with Gasteiger partial charge in [-0.15, -0.1) is 0 Å². The van der Waals surface area contributed by atoms with Gasteiger partial charge < -0.3 is 19.8 Å². The first-order valence-electron chi connectivity index (χ1n) is 10.5. The maximum Gasteiger partial charge on any atom is 0.329 e. The molecule has 10 nitrogen and oxygen atoms in total. The molecular weight excluding hydrogens is 450 g/mol. The monoisotopic (exact) mass is 477 g/mol. The Morgan fingerprint density at radius 3 is 2.52 bits per heavy atom. The molecule has 11 heteroatoms. The van der Waals surface area contributed by atoms with E-state index < -0.39 is 40.3 Å². The number of carbonyl (C=O) groups excluding carboxylic acids is 3. The number of aromatic amines is 1. The minimum Gasteiger partial charge on any atom is -0.456 e. The highest BCUT2D eigenvalue weighted by Gasteiger charge is 2.29. The summed E-state index contributed by atoms with van der Waals surface area (Å²) in [5.41, 5.74) is 0.400. The van der Waals surface area contributed by atoms with Crippen LogP contribution in [0.1, 0.15) is 34.7 Å². The zero-order chi connectivity index (χ0) is 24.0. The van der Waals surface area contributed by atoms with Gasteiger partial charge in [-0.1, -0.05) is 19.9 Å². The topological polar surface area (TPSA) is 135 Å². The summed E-state index contributed by atoms with van der Waals surface area (Å²) in [6, 6.07) is 7.83. The van der Waals surface area contributed by atoms with E-state index in [1.165, 1.54) is 28.6 Å². The van der Waals surface area contributed by atoms with E-state index in [1.54, 1.807) is 32.2 Å². The number of benzene rings is 1. The molecule has 1 fully saturated rings. The number of ketones is 1. The van der Waals surface area contributed by atoms with Gasteiger partial charge in [-0.3, -0.25) is 9.59 Å². The van der Waals surface area contributed by atoms with Crippen LogP contribution in [0.2, 0.25) is 0 Å². The first kappa shape index (κ1) is 24.6. The zero-order valence-electron chi connectivity index (χ0n) is 18.4. The van der Waals surface area contributed by atoms with E-state index in [9.17, 15) is 22.8 Å². The summed E-state index contributed by atoms with van der Waals surface area (Å²) in [5.74, 6) is -2.11. The zero-order valence-corrected chi connectivity index (χ0v) is 19.3. The van der Waals surface area contributed by atoms with Crippen LogP contribution in [0.4, 0.5) is 0 Å². The minimum absolute atomic E-state index is 0.0164. The number of aromatic nitrogens is 1. The molecule has 0 bridgehead atoms. The van der Waals surface area contributed by atoms with E-state index in [1.807, 2.05) is 0 Å². The smallest absolute Gasteiger partial charge is 0.329 e. The molecule has 1 aliphatic rings. The Balaban J connectivity index is 1.68. The Hall–Kier alpha value is -3.02. The summed E-state index contributed by atoms with van der Waals surface area (Å²) in [6.45, 7) is 4.07. The SMILES string of the molecule is CC(C)[C@@H](NC(=O)c1cccc(S(=O)(=O)N2CCOCC2)c1)C(=O)OCC(=O)c1ccc[nH]1. The number of nitrogens with one attached hydrogen (secondary N) is 2. The van der Waals surface area contributed by atoms with Gasteiger partial charge in [0.25, 0.3) is 5.91 Å². The maximum absolute atomic E-state index is 12.9. The van der Waals surface area contributed by atoms with Crippen molar-refractivity contribution in [1.82, 2.24) is 14.6 Å². The molecule has 1 atom stereocenters. The first-order chi connectivity index (χ1) is 15.7. The number of carbonyl (C=O) groups is 3. The lowest BCUT2D eigenvalue weighted by Gasteiger charge is -2.26. The quantitative estimate of drug-likeness (QED) is 0.409. The average molecular weight is 478 g/mol. The van der Waals surface area contributed by atoms with Crippen LogP contribution in [0.15, 0.2) is 47.5 Å². The minimum atomic E-state index is -3.78. The van der Waals surface area contributed by atoms with Gasteiger partial charge in [-0.25, -0.2) is 13.2 Å². The van der Waals surface area contributed by atoms with Crippen molar-refractivity contribution < 1.29 is 32.3 Å². The molecule has 0 unspecified atom stereocenters. The number of hydrogen-bond donors (Lipinski definition) is 2. The molecule has 0 spiro atoms. The predicted molar refractivity (Wildman–Crippen MR) is 118 cm³/mol. The largest absolute Gasteiger partial charge is 0.456 e. The summed E-state index contributed by atoms with van der Waals surface area (Å²) in [6.07, 6.45) is 1.58. The van der Waals surface area contributed by atoms with Gasteiger partial charge in [0, 0.05) is 24.8 Å². The number of Topliss-reactive ketones (excluding diaryl/α,β-unsaturated/α-hetero) is 1. The van der Waals surface area contributed by atoms with Crippen molar-refractivity contribution in [3.63, 3.8) is 0 Å². The van der Waals surface area contributed by atoms with Crippen LogP contribution in [-0.2, 0) is 24.3 Å². The Labute approximate surface area is 192 Å². The molecular formula is C22H27N3O7S. The molecule has 2 heterocycles. The van der Waals surface area contributed by atoms with Crippen molar-refractivity contribution in [2.45, 2.75) is 24.8 Å². The Kier molecular flexibility index (Phi) is 8.01. The summed E-state index contributed by atoms with van der Waals surface area (Å²) in [4.78, 5) is 40.1. The molecule has 33 heavy (non-hydrogen) atoms. The molecule has 1 aromatic heterocycles. The van der Waals surface area contributed by atoms with Gasteiger partial charge >= 0.3 is 5.97 Å². The van der Waals surface area contributed by atoms with E-state index in [4.69, 9.17) is 9.47 Å². The van der Waals surface area contributed by atoms with Crippen molar-refractivity contribution in [3.8, 4) is 0 Å². The third-order valence-corrected chi connectivity index (χ3v) is 7.05. The summed E-state index contributed by atoms with van der Waals surface area (Å²) < 4.78 is 37.4. The lowest BCUT2D eigenvalue weighted by molar-refractivity contribution is -0.145. The van der Waals surface area contributed by atoms with Crippen molar-refractivity contribution in [2.24, 2.45) is 5.92 Å². The standard InChI is InChI=1S/C22H27N3O7S/c1-15(2)20(22(28)32-14-19(26)18-7-4-8-23-18)24-21(27)16-5-3-6-17(13-16)33(29,30)25-9-11-31-12-10-25/h3-8,13,15,20,23H,9-12,14H2,1-2H3,(H,24,27)/t20-/m1/s1. The molecule has 0 aliphatic carbocycles. The lowest BCUT2D eigenvalue weighted by atomic mass is 10.0. The molecule has 0 saturated carbocycles. The van der Waals surface area contributed by atoms with E-state index >= 15 is 0 Å². The van der Waals surface area contributed by atoms with E-state index in [0.29, 0.717) is 18.9 Å². The fourth-order valence-corrected chi connectivity index (χ4v) is 4.72. The summed E-state index contributed by atoms with van der Waals surface area (Å²) >= 11 is 0. The predicted octanol–water partition coefficient (Wildman–Crippen LogP) is 1.22. The molecule has 1 saturated heterocycles. The third kappa shape index (κ3) is 6.06. The number of ether oxygens (including phenoxy) is 2. The van der Waals surface area contributed by atoms with Crippen LogP contribution in [0, 0.1) is 5.92 Å². The number of amides is 1. The van der Waals surface area contributed by atoms with Crippen LogP contribution >= 0.6 is 0 Å². The highest BCUT2D eigenvalue weighted by molar-refractivity contribution is 7.89. The van der Waals surface area contributed by atoms with Gasteiger partial charge in [0.15, 0.2) is 6.61 Å². The molecule has 1 amide bonds. The van der Waals surface area contributed by atoms with Crippen LogP contribution < -0.4 is 5.32 Å². The Bertz CT molecular complexity index is 1090. The van der Waals surface area contributed by atoms with Gasteiger partial charge in [-0.2, -0.15) is 4.31 Å². The normalized spacial score (nSPS) is 15.7. The fourth-order valence-electron chi connectivity index (χ4n) is 3.26. The van der Waals surface area contributed by atoms with Gasteiger partial charge in [-0.05, 0) is 36.2 Å². The number of nitrogens with zero attached hydrogens (tertiary/aromatic N) is 1. The molecule has 1 aliphatic heterocycles. The molecule has 3 rings (SSSR count). The average Bonchev–Trinajstić information content (AvgIpc) is 3.36. The molecule has 178 valence electrons. The Morgan fingerprint density at radius 2 is 1.88 bits per heavy atom. The number of rotatable bonds is 9. The maximum atomic E-state index is 12.9. The summed E-state index contributed by atoms with van der Waals surface area (Å²) in [5, 5.41) is 2.59. The van der Waals surface area contributed by atoms with Crippen LogP contribution in [0.5, 0.6) is 0 Å². The number of H-pyrrole nitrogens is 1. The van der Waals surface area contributed by atoms with E-state index in [0.717, 1.165) is 0 Å². The third-order valence-electron chi connectivity index (χ3n) is 5.16. The second kappa shape index (κ2) is 10.7. The number of esters is 1. The molecule has 0 radical (unpaired) electrons. The second-order valence-electron chi connectivity index (χ2n) is 7.85. The fraction of sp³-hybridized carbons (Fsp3) is 0.409. The number of morpholine rings is 1. The highest BCUT2D eigenvalue weighted by atomic mass is 32.2. The van der Waals surface area contributed by atoms with E-state index in [2.05, 4.69) is 10.3 Å². The van der Waals surface area contributed by atoms with E-state index in [-0.39, 0.29) is 29.5 Å². The number of hydrogen-bond acceptors (Lipinski definition) is 7. The van der Waals surface area contributed by atoms with Crippen LogP contribution in [-0.4, -0.2) is 74.3 Å². The number of sulfonamides is 1. The Morgan fingerprint density at radius 1 is 1.15 bits per heavy atom. The van der Waals surface area contributed by atoms with Crippen LogP contribution in [0.3, 0.4) is 0 Å². The van der Waals surface area contributed by atoms with Crippen LogP contribution in [0.25, 0.3) is 0 Å². The highest BCUT2D eigenvalue weighted by Crippen LogP contribution is 2.19. The lowest BCUT2D eigenvalue weighted by Crippen LogP contribution is -2.45.